The maximum Gasteiger partial charge on any atom is 0.266 e. The summed E-state index contributed by atoms with van der Waals surface area (Å²) in [5, 5.41) is 2.13. The van der Waals surface area contributed by atoms with Gasteiger partial charge < -0.3 is 4.98 Å². The van der Waals surface area contributed by atoms with E-state index < -0.39 is 0 Å². The van der Waals surface area contributed by atoms with E-state index >= 15 is 0 Å². The fourth-order valence-corrected chi connectivity index (χ4v) is 3.34. The third-order valence-corrected chi connectivity index (χ3v) is 4.77. The van der Waals surface area contributed by atoms with Crippen LogP contribution in [0, 0.1) is 0 Å². The first-order chi connectivity index (χ1) is 13.2. The number of hydrogen-bond acceptors (Lipinski definition) is 3. The topological polar surface area (TPSA) is 63.6 Å². The summed E-state index contributed by atoms with van der Waals surface area (Å²) in [6.07, 6.45) is 3.56. The van der Waals surface area contributed by atoms with Gasteiger partial charge in [-0.05, 0) is 48.5 Å². The molecule has 0 saturated heterocycles. The Balaban J connectivity index is 1.87. The molecule has 5 nitrogen and oxygen atoms in total. The van der Waals surface area contributed by atoms with Crippen LogP contribution >= 0.6 is 11.6 Å². The second-order valence-electron chi connectivity index (χ2n) is 6.21. The Hall–Kier alpha value is -3.44. The van der Waals surface area contributed by atoms with Gasteiger partial charge in [0.25, 0.3) is 5.56 Å². The number of benzene rings is 2. The van der Waals surface area contributed by atoms with Crippen LogP contribution in [0.2, 0.25) is 5.02 Å². The molecule has 27 heavy (non-hydrogen) atoms. The van der Waals surface area contributed by atoms with Gasteiger partial charge in [-0.15, -0.1) is 0 Å². The van der Waals surface area contributed by atoms with Gasteiger partial charge in [-0.2, -0.15) is 0 Å². The van der Waals surface area contributed by atoms with E-state index in [2.05, 4.69) is 9.97 Å². The molecule has 3 heterocycles. The molecule has 2 aromatic carbocycles. The molecule has 0 amide bonds. The highest BCUT2D eigenvalue weighted by Crippen LogP contribution is 2.24. The highest BCUT2D eigenvalue weighted by Gasteiger charge is 2.15. The van der Waals surface area contributed by atoms with Crippen LogP contribution < -0.4 is 5.56 Å². The minimum atomic E-state index is -0.132. The Morgan fingerprint density at radius 2 is 1.81 bits per heavy atom. The Morgan fingerprint density at radius 3 is 2.67 bits per heavy atom. The smallest absolute Gasteiger partial charge is 0.266 e. The van der Waals surface area contributed by atoms with Crippen LogP contribution in [0.1, 0.15) is 0 Å². The molecule has 0 spiro atoms. The van der Waals surface area contributed by atoms with Crippen molar-refractivity contribution in [3.63, 3.8) is 0 Å². The number of para-hydroxylation sites is 1. The van der Waals surface area contributed by atoms with E-state index in [1.807, 2.05) is 48.7 Å². The van der Waals surface area contributed by atoms with Crippen molar-refractivity contribution in [2.45, 2.75) is 0 Å². The van der Waals surface area contributed by atoms with Crippen LogP contribution in [0.5, 0.6) is 0 Å². The average molecular weight is 373 g/mol. The van der Waals surface area contributed by atoms with E-state index in [0.717, 1.165) is 16.6 Å². The summed E-state index contributed by atoms with van der Waals surface area (Å²) < 4.78 is 1.61. The molecule has 130 valence electrons. The van der Waals surface area contributed by atoms with Gasteiger partial charge in [0, 0.05) is 28.4 Å². The number of H-pyrrole nitrogens is 1. The third kappa shape index (κ3) is 2.60. The zero-order valence-corrected chi connectivity index (χ0v) is 14.8. The Labute approximate surface area is 158 Å². The number of halogens is 1. The maximum absolute atomic E-state index is 13.3. The molecule has 0 aliphatic rings. The largest absolute Gasteiger partial charge is 0.346 e. The van der Waals surface area contributed by atoms with Crippen LogP contribution in [-0.2, 0) is 0 Å². The molecular formula is C21H13ClN4O. The highest BCUT2D eigenvalue weighted by atomic mass is 35.5. The molecule has 3 aromatic heterocycles. The van der Waals surface area contributed by atoms with E-state index in [-0.39, 0.29) is 5.56 Å². The molecule has 0 fully saturated rings. The molecule has 0 saturated carbocycles. The zero-order valence-electron chi connectivity index (χ0n) is 14.1. The van der Waals surface area contributed by atoms with Crippen molar-refractivity contribution in [1.29, 1.82) is 0 Å². The minimum absolute atomic E-state index is 0.132. The van der Waals surface area contributed by atoms with Crippen molar-refractivity contribution >= 4 is 33.5 Å². The third-order valence-electron chi connectivity index (χ3n) is 4.52. The molecule has 0 unspecified atom stereocenters. The van der Waals surface area contributed by atoms with Crippen LogP contribution in [0.25, 0.3) is 39.0 Å². The molecule has 1 N–H and O–H groups in total. The van der Waals surface area contributed by atoms with E-state index in [0.29, 0.717) is 27.4 Å². The molecule has 0 bridgehead atoms. The van der Waals surface area contributed by atoms with Gasteiger partial charge in [0.15, 0.2) is 0 Å². The minimum Gasteiger partial charge on any atom is -0.346 e. The first-order valence-corrected chi connectivity index (χ1v) is 8.80. The van der Waals surface area contributed by atoms with Crippen molar-refractivity contribution in [2.75, 3.05) is 0 Å². The normalized spacial score (nSPS) is 11.3. The van der Waals surface area contributed by atoms with Crippen LogP contribution in [0.3, 0.4) is 0 Å². The van der Waals surface area contributed by atoms with Gasteiger partial charge in [0.05, 0.1) is 16.6 Å². The number of aromatic nitrogens is 4. The SMILES string of the molecule is O=c1c2ccccc2nc(-c2cnc3[nH]ccc3c2)n1-c1ccc(Cl)cc1. The van der Waals surface area contributed by atoms with E-state index in [1.54, 1.807) is 29.0 Å². The Kier molecular flexibility index (Phi) is 3.55. The fourth-order valence-electron chi connectivity index (χ4n) is 3.22. The molecular weight excluding hydrogens is 360 g/mol. The predicted molar refractivity (Wildman–Crippen MR) is 107 cm³/mol. The van der Waals surface area contributed by atoms with Gasteiger partial charge in [-0.1, -0.05) is 23.7 Å². The summed E-state index contributed by atoms with van der Waals surface area (Å²) in [5.74, 6) is 0.539. The van der Waals surface area contributed by atoms with Crippen molar-refractivity contribution in [3.8, 4) is 17.1 Å². The number of fused-ring (bicyclic) bond motifs is 2. The summed E-state index contributed by atoms with van der Waals surface area (Å²) in [6.45, 7) is 0. The van der Waals surface area contributed by atoms with Crippen molar-refractivity contribution in [2.24, 2.45) is 0 Å². The summed E-state index contributed by atoms with van der Waals surface area (Å²) >= 11 is 6.03. The fraction of sp³-hybridized carbons (Fsp3) is 0. The van der Waals surface area contributed by atoms with Crippen molar-refractivity contribution in [3.05, 3.63) is 88.4 Å². The Bertz CT molecular complexity index is 1350. The molecule has 5 rings (SSSR count). The Morgan fingerprint density at radius 1 is 1.00 bits per heavy atom. The summed E-state index contributed by atoms with van der Waals surface area (Å²) in [4.78, 5) is 25.6. The first-order valence-electron chi connectivity index (χ1n) is 8.42. The lowest BCUT2D eigenvalue weighted by Gasteiger charge is -2.14. The highest BCUT2D eigenvalue weighted by molar-refractivity contribution is 6.30. The van der Waals surface area contributed by atoms with E-state index in [1.165, 1.54) is 0 Å². The average Bonchev–Trinajstić information content (AvgIpc) is 3.17. The zero-order chi connectivity index (χ0) is 18.4. The molecule has 0 radical (unpaired) electrons. The number of nitrogens with zero attached hydrogens (tertiary/aromatic N) is 3. The number of pyridine rings is 1. The lowest BCUT2D eigenvalue weighted by molar-refractivity contribution is 0.974. The molecule has 0 atom stereocenters. The van der Waals surface area contributed by atoms with Crippen LogP contribution in [0.4, 0.5) is 0 Å². The quantitative estimate of drug-likeness (QED) is 0.493. The van der Waals surface area contributed by atoms with Crippen LogP contribution in [0.15, 0.2) is 77.9 Å². The summed E-state index contributed by atoms with van der Waals surface area (Å²) in [6, 6.07) is 18.4. The summed E-state index contributed by atoms with van der Waals surface area (Å²) in [7, 11) is 0. The van der Waals surface area contributed by atoms with E-state index in [9.17, 15) is 4.79 Å². The first kappa shape index (κ1) is 15.8. The molecule has 0 aliphatic carbocycles. The maximum atomic E-state index is 13.3. The number of nitrogens with one attached hydrogen (secondary N) is 1. The summed E-state index contributed by atoms with van der Waals surface area (Å²) in [5.41, 5.74) is 2.77. The second-order valence-corrected chi connectivity index (χ2v) is 6.65. The lowest BCUT2D eigenvalue weighted by atomic mass is 10.1. The van der Waals surface area contributed by atoms with Gasteiger partial charge in [0.2, 0.25) is 0 Å². The van der Waals surface area contributed by atoms with Gasteiger partial charge in [0.1, 0.15) is 11.5 Å². The predicted octanol–water partition coefficient (Wildman–Crippen LogP) is 4.58. The van der Waals surface area contributed by atoms with Gasteiger partial charge >= 0.3 is 0 Å². The second kappa shape index (κ2) is 6.07. The standard InChI is InChI=1S/C21H13ClN4O/c22-15-5-7-16(8-6-15)26-20(14-11-13-9-10-23-19(13)24-12-14)25-18-4-2-1-3-17(18)21(26)27/h1-12H,(H,23,24). The molecule has 6 heteroatoms. The number of aromatic amines is 1. The van der Waals surface area contributed by atoms with Crippen molar-refractivity contribution < 1.29 is 0 Å². The number of hydrogen-bond donors (Lipinski definition) is 1. The van der Waals surface area contributed by atoms with Gasteiger partial charge in [-0.3, -0.25) is 9.36 Å². The van der Waals surface area contributed by atoms with Crippen molar-refractivity contribution in [1.82, 2.24) is 19.5 Å². The molecule has 0 aliphatic heterocycles. The number of rotatable bonds is 2. The lowest BCUT2D eigenvalue weighted by Crippen LogP contribution is -2.22. The van der Waals surface area contributed by atoms with Crippen LogP contribution in [-0.4, -0.2) is 19.5 Å². The van der Waals surface area contributed by atoms with Gasteiger partial charge in [-0.25, -0.2) is 9.97 Å². The monoisotopic (exact) mass is 372 g/mol. The molecule has 5 aromatic rings. The van der Waals surface area contributed by atoms with E-state index in [4.69, 9.17) is 16.6 Å².